The summed E-state index contributed by atoms with van der Waals surface area (Å²) < 4.78 is 3.55. The molecule has 0 aliphatic carbocycles. The van der Waals surface area contributed by atoms with Crippen LogP contribution in [0.5, 0.6) is 0 Å². The Morgan fingerprint density at radius 3 is 2.76 bits per heavy atom. The number of aromatic nitrogens is 5. The van der Waals surface area contributed by atoms with Crippen LogP contribution in [0.2, 0.25) is 0 Å². The predicted molar refractivity (Wildman–Crippen MR) is 91.8 cm³/mol. The molecule has 1 atom stereocenters. The number of aryl methyl sites for hydroxylation is 1. The average molecular weight is 336 g/mol. The number of carbonyl (C=O) groups is 1. The first kappa shape index (κ1) is 15.6. The summed E-state index contributed by atoms with van der Waals surface area (Å²) in [5.41, 5.74) is 2.92. The van der Waals surface area contributed by atoms with Crippen molar-refractivity contribution < 1.29 is 4.79 Å². The summed E-state index contributed by atoms with van der Waals surface area (Å²) in [4.78, 5) is 18.8. The van der Waals surface area contributed by atoms with E-state index in [4.69, 9.17) is 0 Å². The second-order valence-corrected chi connectivity index (χ2v) is 6.39. The highest BCUT2D eigenvalue weighted by Gasteiger charge is 2.31. The van der Waals surface area contributed by atoms with E-state index in [9.17, 15) is 4.79 Å². The van der Waals surface area contributed by atoms with Crippen molar-refractivity contribution in [2.75, 3.05) is 6.54 Å². The molecule has 1 amide bonds. The third-order valence-corrected chi connectivity index (χ3v) is 4.64. The summed E-state index contributed by atoms with van der Waals surface area (Å²) in [7, 11) is 1.90. The van der Waals surface area contributed by atoms with E-state index in [1.165, 1.54) is 6.33 Å². The smallest absolute Gasteiger partial charge is 0.254 e. The van der Waals surface area contributed by atoms with Crippen LogP contribution < -0.4 is 0 Å². The highest BCUT2D eigenvalue weighted by molar-refractivity contribution is 5.94. The van der Waals surface area contributed by atoms with Crippen molar-refractivity contribution in [1.29, 1.82) is 0 Å². The molecule has 1 aromatic carbocycles. The molecule has 0 saturated carbocycles. The van der Waals surface area contributed by atoms with Crippen LogP contribution in [0.15, 0.2) is 49.3 Å². The molecule has 25 heavy (non-hydrogen) atoms. The van der Waals surface area contributed by atoms with Crippen LogP contribution >= 0.6 is 0 Å². The fourth-order valence-corrected chi connectivity index (χ4v) is 3.39. The van der Waals surface area contributed by atoms with E-state index in [0.29, 0.717) is 6.54 Å². The van der Waals surface area contributed by atoms with E-state index in [-0.39, 0.29) is 11.9 Å². The Hall–Kier alpha value is -2.96. The highest BCUT2D eigenvalue weighted by Crippen LogP contribution is 2.32. The summed E-state index contributed by atoms with van der Waals surface area (Å²) in [5.74, 6) is 0.0821. The maximum absolute atomic E-state index is 12.9. The molecule has 0 spiro atoms. The van der Waals surface area contributed by atoms with Gasteiger partial charge in [0.05, 0.1) is 18.8 Å². The molecule has 4 rings (SSSR count). The van der Waals surface area contributed by atoms with Crippen molar-refractivity contribution in [3.05, 3.63) is 66.0 Å². The van der Waals surface area contributed by atoms with E-state index in [2.05, 4.69) is 15.2 Å². The normalized spacial score (nSPS) is 17.2. The number of nitrogens with zero attached hydrogens (tertiary/aromatic N) is 6. The standard InChI is InChI=1S/C18H20N6O/c1-22-11-16(9-20-22)17-3-2-8-24(17)18(25)15-6-4-14(5-7-15)10-23-13-19-12-21-23/h4-7,9,11-13,17H,2-3,8,10H2,1H3/t17-/m1/s1. The fraction of sp³-hybridized carbons (Fsp3) is 0.333. The molecule has 0 N–H and O–H groups in total. The van der Waals surface area contributed by atoms with Crippen LogP contribution in [0, 0.1) is 0 Å². The van der Waals surface area contributed by atoms with E-state index >= 15 is 0 Å². The number of benzene rings is 1. The van der Waals surface area contributed by atoms with Crippen LogP contribution in [-0.2, 0) is 13.6 Å². The van der Waals surface area contributed by atoms with Crippen molar-refractivity contribution in [2.45, 2.75) is 25.4 Å². The number of likely N-dealkylation sites (tertiary alicyclic amines) is 1. The molecule has 2 aromatic heterocycles. The SMILES string of the molecule is Cn1cc([C@H]2CCCN2C(=O)c2ccc(Cn3cncn3)cc2)cn1. The maximum atomic E-state index is 12.9. The van der Waals surface area contributed by atoms with Gasteiger partial charge in [0.1, 0.15) is 12.7 Å². The van der Waals surface area contributed by atoms with Gasteiger partial charge in [-0.3, -0.25) is 9.48 Å². The molecule has 7 heteroatoms. The number of carbonyl (C=O) groups excluding carboxylic acids is 1. The topological polar surface area (TPSA) is 68.8 Å². The minimum atomic E-state index is 0.0821. The Morgan fingerprint density at radius 1 is 1.24 bits per heavy atom. The molecule has 0 bridgehead atoms. The van der Waals surface area contributed by atoms with E-state index in [1.54, 1.807) is 15.7 Å². The molecule has 1 aliphatic rings. The molecule has 3 heterocycles. The van der Waals surface area contributed by atoms with Crippen LogP contribution in [0.4, 0.5) is 0 Å². The second kappa shape index (κ2) is 6.51. The number of hydrogen-bond donors (Lipinski definition) is 0. The van der Waals surface area contributed by atoms with Crippen LogP contribution in [-0.4, -0.2) is 41.9 Å². The van der Waals surface area contributed by atoms with Gasteiger partial charge >= 0.3 is 0 Å². The van der Waals surface area contributed by atoms with Crippen molar-refractivity contribution in [2.24, 2.45) is 7.05 Å². The molecule has 0 radical (unpaired) electrons. The monoisotopic (exact) mass is 336 g/mol. The molecule has 1 aliphatic heterocycles. The lowest BCUT2D eigenvalue weighted by atomic mass is 10.1. The molecule has 0 unspecified atom stereocenters. The van der Waals surface area contributed by atoms with E-state index in [1.807, 2.05) is 48.6 Å². The highest BCUT2D eigenvalue weighted by atomic mass is 16.2. The minimum Gasteiger partial charge on any atom is -0.331 e. The van der Waals surface area contributed by atoms with Crippen molar-refractivity contribution in [1.82, 2.24) is 29.4 Å². The molecular formula is C18H20N6O. The van der Waals surface area contributed by atoms with Gasteiger partial charge < -0.3 is 4.90 Å². The Labute approximate surface area is 145 Å². The predicted octanol–water partition coefficient (Wildman–Crippen LogP) is 2.04. The fourth-order valence-electron chi connectivity index (χ4n) is 3.39. The van der Waals surface area contributed by atoms with Crippen LogP contribution in [0.3, 0.4) is 0 Å². The Balaban J connectivity index is 1.50. The van der Waals surface area contributed by atoms with E-state index < -0.39 is 0 Å². The zero-order valence-corrected chi connectivity index (χ0v) is 14.1. The van der Waals surface area contributed by atoms with Gasteiger partial charge in [-0.05, 0) is 30.5 Å². The van der Waals surface area contributed by atoms with Crippen LogP contribution in [0.1, 0.15) is 40.4 Å². The Bertz CT molecular complexity index is 852. The lowest BCUT2D eigenvalue weighted by Gasteiger charge is -2.24. The molecule has 1 fully saturated rings. The van der Waals surface area contributed by atoms with Gasteiger partial charge in [-0.25, -0.2) is 9.67 Å². The number of hydrogen-bond acceptors (Lipinski definition) is 4. The maximum Gasteiger partial charge on any atom is 0.254 e. The largest absolute Gasteiger partial charge is 0.331 e. The van der Waals surface area contributed by atoms with Gasteiger partial charge in [-0.1, -0.05) is 12.1 Å². The Kier molecular flexibility index (Phi) is 4.05. The van der Waals surface area contributed by atoms with Gasteiger partial charge in [0, 0.05) is 30.9 Å². The number of rotatable bonds is 4. The van der Waals surface area contributed by atoms with Crippen molar-refractivity contribution in [3.63, 3.8) is 0 Å². The van der Waals surface area contributed by atoms with Gasteiger partial charge in [0.25, 0.3) is 5.91 Å². The molecular weight excluding hydrogens is 316 g/mol. The molecule has 1 saturated heterocycles. The summed E-state index contributed by atoms with van der Waals surface area (Å²) in [5, 5.41) is 8.34. The third kappa shape index (κ3) is 3.17. The molecule has 128 valence electrons. The quantitative estimate of drug-likeness (QED) is 0.731. The number of amides is 1. The lowest BCUT2D eigenvalue weighted by molar-refractivity contribution is 0.0735. The van der Waals surface area contributed by atoms with Crippen LogP contribution in [0.25, 0.3) is 0 Å². The zero-order chi connectivity index (χ0) is 17.2. The first-order chi connectivity index (χ1) is 12.2. The van der Waals surface area contributed by atoms with Gasteiger partial charge in [-0.15, -0.1) is 0 Å². The van der Waals surface area contributed by atoms with Gasteiger partial charge in [0.2, 0.25) is 0 Å². The summed E-state index contributed by atoms with van der Waals surface area (Å²) in [6.45, 7) is 1.44. The van der Waals surface area contributed by atoms with Crippen molar-refractivity contribution in [3.8, 4) is 0 Å². The van der Waals surface area contributed by atoms with Gasteiger partial charge in [-0.2, -0.15) is 10.2 Å². The molecule has 3 aromatic rings. The summed E-state index contributed by atoms with van der Waals surface area (Å²) in [6, 6.07) is 7.87. The van der Waals surface area contributed by atoms with Gasteiger partial charge in [0.15, 0.2) is 0 Å². The summed E-state index contributed by atoms with van der Waals surface area (Å²) in [6.07, 6.45) is 9.07. The van der Waals surface area contributed by atoms with Crippen molar-refractivity contribution >= 4 is 5.91 Å². The summed E-state index contributed by atoms with van der Waals surface area (Å²) >= 11 is 0. The van der Waals surface area contributed by atoms with E-state index in [0.717, 1.165) is 36.1 Å². The zero-order valence-electron chi connectivity index (χ0n) is 14.1. The first-order valence-electron chi connectivity index (χ1n) is 8.41. The lowest BCUT2D eigenvalue weighted by Crippen LogP contribution is -2.30. The minimum absolute atomic E-state index is 0.0821. The third-order valence-electron chi connectivity index (χ3n) is 4.64. The molecule has 7 nitrogen and oxygen atoms in total. The Morgan fingerprint density at radius 2 is 2.08 bits per heavy atom. The average Bonchev–Trinajstić information content (AvgIpc) is 3.36. The first-order valence-corrected chi connectivity index (χ1v) is 8.41. The second-order valence-electron chi connectivity index (χ2n) is 6.39.